The summed E-state index contributed by atoms with van der Waals surface area (Å²) in [5.74, 6) is 1.91. The number of rotatable bonds is 5. The third-order valence-electron chi connectivity index (χ3n) is 4.39. The second-order valence-corrected chi connectivity index (χ2v) is 7.10. The minimum absolute atomic E-state index is 0.147. The lowest BCUT2D eigenvalue weighted by molar-refractivity contribution is -0.116. The van der Waals surface area contributed by atoms with Crippen LogP contribution in [0.25, 0.3) is 0 Å². The molecule has 138 valence electrons. The van der Waals surface area contributed by atoms with E-state index in [9.17, 15) is 9.59 Å². The molecule has 8 heteroatoms. The van der Waals surface area contributed by atoms with Gasteiger partial charge in [0.1, 0.15) is 17.3 Å². The van der Waals surface area contributed by atoms with Crippen molar-refractivity contribution in [2.45, 2.75) is 24.4 Å². The van der Waals surface area contributed by atoms with Gasteiger partial charge in [-0.3, -0.25) is 9.59 Å². The number of methoxy groups -OCH3 is 2. The number of thioether (sulfide) groups is 1. The van der Waals surface area contributed by atoms with E-state index in [1.165, 1.54) is 11.8 Å². The van der Waals surface area contributed by atoms with E-state index in [0.717, 1.165) is 11.3 Å². The Morgan fingerprint density at radius 2 is 2.08 bits per heavy atom. The Labute approximate surface area is 155 Å². The van der Waals surface area contributed by atoms with Crippen LogP contribution in [-0.2, 0) is 11.8 Å². The van der Waals surface area contributed by atoms with Gasteiger partial charge < -0.3 is 19.4 Å². The molecule has 26 heavy (non-hydrogen) atoms. The zero-order valence-corrected chi connectivity index (χ0v) is 16.0. The largest absolute Gasteiger partial charge is 0.497 e. The predicted octanol–water partition coefficient (Wildman–Crippen LogP) is 2.38. The van der Waals surface area contributed by atoms with Crippen LogP contribution in [0.5, 0.6) is 11.5 Å². The lowest BCUT2D eigenvalue weighted by Crippen LogP contribution is -2.33. The Morgan fingerprint density at radius 3 is 2.73 bits per heavy atom. The Morgan fingerprint density at radius 1 is 1.31 bits per heavy atom. The number of nitrogens with zero attached hydrogens (tertiary/aromatic N) is 2. The number of anilines is 1. The molecule has 0 radical (unpaired) electrons. The van der Waals surface area contributed by atoms with Gasteiger partial charge in [0.25, 0.3) is 5.56 Å². The highest BCUT2D eigenvalue weighted by atomic mass is 32.2. The van der Waals surface area contributed by atoms with Gasteiger partial charge >= 0.3 is 0 Å². The van der Waals surface area contributed by atoms with Crippen LogP contribution in [0.15, 0.2) is 28.2 Å². The van der Waals surface area contributed by atoms with E-state index in [0.29, 0.717) is 28.0 Å². The maximum absolute atomic E-state index is 12.8. The Hall–Kier alpha value is -2.48. The van der Waals surface area contributed by atoms with Gasteiger partial charge in [-0.1, -0.05) is 18.7 Å². The van der Waals surface area contributed by atoms with Crippen LogP contribution in [0.3, 0.4) is 0 Å². The second-order valence-electron chi connectivity index (χ2n) is 5.87. The van der Waals surface area contributed by atoms with Gasteiger partial charge in [0.2, 0.25) is 5.91 Å². The summed E-state index contributed by atoms with van der Waals surface area (Å²) < 4.78 is 12.5. The fraction of sp³-hybridized carbons (Fsp3) is 0.389. The van der Waals surface area contributed by atoms with Crippen LogP contribution in [0.1, 0.15) is 30.4 Å². The molecule has 0 aliphatic carbocycles. The van der Waals surface area contributed by atoms with E-state index in [4.69, 9.17) is 9.47 Å². The summed E-state index contributed by atoms with van der Waals surface area (Å²) in [7, 11) is 4.93. The lowest BCUT2D eigenvalue weighted by Gasteiger charge is -2.28. The van der Waals surface area contributed by atoms with Gasteiger partial charge in [-0.2, -0.15) is 4.98 Å². The quantitative estimate of drug-likeness (QED) is 0.638. The van der Waals surface area contributed by atoms with Crippen molar-refractivity contribution < 1.29 is 14.3 Å². The monoisotopic (exact) mass is 375 g/mol. The van der Waals surface area contributed by atoms with E-state index in [1.807, 2.05) is 6.92 Å². The standard InChI is InChI=1S/C18H21N3O4S/c1-5-26-18-20-17(23)15-12(9-14(22)19-16(15)21(18)2)11-8-10(24-3)6-7-13(11)25-4/h6-8,12H,5,9H2,1-4H3,(H,19,22)/t12-/m1/s1. The fourth-order valence-corrected chi connectivity index (χ4v) is 3.86. The average Bonchev–Trinajstić information content (AvgIpc) is 2.64. The van der Waals surface area contributed by atoms with Crippen molar-refractivity contribution in [2.75, 3.05) is 25.3 Å². The first-order chi connectivity index (χ1) is 12.5. The Bertz CT molecular complexity index is 910. The molecule has 2 aromatic rings. The summed E-state index contributed by atoms with van der Waals surface area (Å²) in [6.07, 6.45) is 0.147. The molecule has 1 aliphatic rings. The van der Waals surface area contributed by atoms with Gasteiger partial charge in [0, 0.05) is 24.9 Å². The second kappa shape index (κ2) is 7.41. The molecule has 0 unspecified atom stereocenters. The summed E-state index contributed by atoms with van der Waals surface area (Å²) in [6.45, 7) is 1.98. The van der Waals surface area contributed by atoms with Gasteiger partial charge in [-0.25, -0.2) is 0 Å². The minimum Gasteiger partial charge on any atom is -0.497 e. The topological polar surface area (TPSA) is 82.5 Å². The van der Waals surface area contributed by atoms with Gasteiger partial charge in [-0.05, 0) is 24.0 Å². The molecule has 3 rings (SSSR count). The molecule has 0 spiro atoms. The summed E-state index contributed by atoms with van der Waals surface area (Å²) in [5, 5.41) is 3.41. The van der Waals surface area contributed by atoms with Crippen molar-refractivity contribution in [2.24, 2.45) is 7.05 Å². The molecule has 1 aromatic heterocycles. The number of carbonyl (C=O) groups is 1. The van der Waals surface area contributed by atoms with Crippen molar-refractivity contribution in [3.05, 3.63) is 39.7 Å². The summed E-state index contributed by atoms with van der Waals surface area (Å²) in [5.41, 5.74) is 0.876. The van der Waals surface area contributed by atoms with Crippen molar-refractivity contribution in [1.82, 2.24) is 9.55 Å². The molecule has 0 saturated heterocycles. The smallest absolute Gasteiger partial charge is 0.279 e. The number of fused-ring (bicyclic) bond motifs is 1. The first kappa shape index (κ1) is 18.3. The van der Waals surface area contributed by atoms with Crippen LogP contribution in [0.2, 0.25) is 0 Å². The van der Waals surface area contributed by atoms with Gasteiger partial charge in [0.15, 0.2) is 5.16 Å². The van der Waals surface area contributed by atoms with E-state index in [1.54, 1.807) is 44.0 Å². The summed E-state index contributed by atoms with van der Waals surface area (Å²) >= 11 is 1.46. The Balaban J connectivity index is 2.23. The molecule has 1 atom stereocenters. The molecular weight excluding hydrogens is 354 g/mol. The zero-order valence-electron chi connectivity index (χ0n) is 15.2. The number of ether oxygens (including phenoxy) is 2. The highest BCUT2D eigenvalue weighted by Gasteiger charge is 2.33. The number of benzene rings is 1. The van der Waals surface area contributed by atoms with Crippen molar-refractivity contribution in [3.8, 4) is 11.5 Å². The van der Waals surface area contributed by atoms with E-state index < -0.39 is 5.92 Å². The average molecular weight is 375 g/mol. The van der Waals surface area contributed by atoms with Crippen LogP contribution < -0.4 is 20.3 Å². The van der Waals surface area contributed by atoms with Crippen molar-refractivity contribution in [3.63, 3.8) is 0 Å². The molecule has 1 aliphatic heterocycles. The Kier molecular flexibility index (Phi) is 5.22. The molecule has 1 amide bonds. The number of nitrogens with one attached hydrogen (secondary N) is 1. The summed E-state index contributed by atoms with van der Waals surface area (Å²) in [6, 6.07) is 5.36. The molecule has 1 N–H and O–H groups in total. The fourth-order valence-electron chi connectivity index (χ4n) is 3.17. The third-order valence-corrected chi connectivity index (χ3v) is 5.30. The first-order valence-electron chi connectivity index (χ1n) is 8.25. The van der Waals surface area contributed by atoms with Gasteiger partial charge in [-0.15, -0.1) is 0 Å². The van der Waals surface area contributed by atoms with E-state index in [2.05, 4.69) is 10.3 Å². The van der Waals surface area contributed by atoms with Crippen LogP contribution in [0, 0.1) is 0 Å². The third kappa shape index (κ3) is 3.16. The maximum atomic E-state index is 12.8. The van der Waals surface area contributed by atoms with Crippen molar-refractivity contribution in [1.29, 1.82) is 0 Å². The van der Waals surface area contributed by atoms with E-state index in [-0.39, 0.29) is 17.9 Å². The molecule has 0 fully saturated rings. The SMILES string of the molecule is CCSc1nc(=O)c2c(n1C)NC(=O)C[C@@H]2c1cc(OC)ccc1OC. The number of carbonyl (C=O) groups excluding carboxylic acids is 1. The molecule has 0 bridgehead atoms. The number of amides is 1. The molecule has 1 aromatic carbocycles. The zero-order chi connectivity index (χ0) is 18.8. The first-order valence-corrected chi connectivity index (χ1v) is 9.24. The molecule has 7 nitrogen and oxygen atoms in total. The normalized spacial score (nSPS) is 16.0. The van der Waals surface area contributed by atoms with Crippen LogP contribution in [-0.4, -0.2) is 35.4 Å². The molecule has 0 saturated carbocycles. The summed E-state index contributed by atoms with van der Waals surface area (Å²) in [4.78, 5) is 29.4. The molecular formula is C18H21N3O4S. The highest BCUT2D eigenvalue weighted by molar-refractivity contribution is 7.99. The predicted molar refractivity (Wildman–Crippen MR) is 101 cm³/mol. The maximum Gasteiger partial charge on any atom is 0.279 e. The van der Waals surface area contributed by atoms with Gasteiger partial charge in [0.05, 0.1) is 19.8 Å². The lowest BCUT2D eigenvalue weighted by atomic mass is 9.86. The highest BCUT2D eigenvalue weighted by Crippen LogP contribution is 2.40. The number of hydrogen-bond acceptors (Lipinski definition) is 6. The molecule has 2 heterocycles. The van der Waals surface area contributed by atoms with E-state index >= 15 is 0 Å². The number of hydrogen-bond donors (Lipinski definition) is 1. The van der Waals surface area contributed by atoms with Crippen LogP contribution in [0.4, 0.5) is 5.82 Å². The van der Waals surface area contributed by atoms with Crippen LogP contribution >= 0.6 is 11.8 Å². The van der Waals surface area contributed by atoms with Crippen molar-refractivity contribution >= 4 is 23.5 Å². The minimum atomic E-state index is -0.448. The number of aromatic nitrogens is 2.